The molecule has 4 rings (SSSR count). The van der Waals surface area contributed by atoms with Crippen LogP contribution >= 0.6 is 15.9 Å². The summed E-state index contributed by atoms with van der Waals surface area (Å²) < 4.78 is 39.4. The van der Waals surface area contributed by atoms with Crippen LogP contribution in [0.15, 0.2) is 16.7 Å². The standard InChI is InChI=1S/C19H26BrFN2O5Si/c1-29(2,3)5-4-25-10-23-13-6-11(21)19(20)22-12(13)7-16(23)28-15-9-27-17-14(24)8-26-18(15)17/h6-7,14-15,17-18,24H,4-5,8-10H2,1-3H3/t14-,15-,17-,18-/m1/s1. The molecule has 2 aliphatic heterocycles. The molecule has 0 spiro atoms. The predicted molar refractivity (Wildman–Crippen MR) is 111 cm³/mol. The quantitative estimate of drug-likeness (QED) is 0.366. The SMILES string of the molecule is C[Si](C)(C)CCOCn1c(O[C@@H]2CO[C@H]3[C@@H]2OC[C@H]3O)cc2nc(Br)c(F)cc21. The summed E-state index contributed by atoms with van der Waals surface area (Å²) in [7, 11) is -1.21. The highest BCUT2D eigenvalue weighted by Crippen LogP contribution is 2.33. The fraction of sp³-hybridized carbons (Fsp3) is 0.632. The Morgan fingerprint density at radius 1 is 1.28 bits per heavy atom. The largest absolute Gasteiger partial charge is 0.470 e. The van der Waals surface area contributed by atoms with Crippen LogP contribution in [0.1, 0.15) is 0 Å². The van der Waals surface area contributed by atoms with E-state index in [9.17, 15) is 9.50 Å². The van der Waals surface area contributed by atoms with Crippen LogP contribution in [0.2, 0.25) is 25.7 Å². The Morgan fingerprint density at radius 2 is 2.03 bits per heavy atom. The van der Waals surface area contributed by atoms with Gasteiger partial charge in [0.25, 0.3) is 0 Å². The van der Waals surface area contributed by atoms with Gasteiger partial charge in [-0.1, -0.05) is 19.6 Å². The van der Waals surface area contributed by atoms with Crippen molar-refractivity contribution >= 4 is 35.0 Å². The molecule has 0 radical (unpaired) electrons. The van der Waals surface area contributed by atoms with E-state index in [0.29, 0.717) is 30.1 Å². The number of aliphatic hydroxyl groups is 1. The number of aliphatic hydroxyl groups excluding tert-OH is 1. The van der Waals surface area contributed by atoms with Gasteiger partial charge in [0.1, 0.15) is 29.6 Å². The summed E-state index contributed by atoms with van der Waals surface area (Å²) in [6.07, 6.45) is -1.72. The van der Waals surface area contributed by atoms with Crippen LogP contribution in [0.3, 0.4) is 0 Å². The lowest BCUT2D eigenvalue weighted by atomic mass is 10.1. The maximum Gasteiger partial charge on any atom is 0.198 e. The molecule has 0 unspecified atom stereocenters. The highest BCUT2D eigenvalue weighted by Gasteiger charge is 2.48. The molecule has 0 aliphatic carbocycles. The summed E-state index contributed by atoms with van der Waals surface area (Å²) in [5.74, 6) is 0.0641. The number of pyridine rings is 1. The lowest BCUT2D eigenvalue weighted by Gasteiger charge is -2.20. The molecule has 2 fully saturated rings. The van der Waals surface area contributed by atoms with Gasteiger partial charge >= 0.3 is 0 Å². The average Bonchev–Trinajstić information content (AvgIpc) is 3.29. The van der Waals surface area contributed by atoms with Gasteiger partial charge in [-0.15, -0.1) is 0 Å². The van der Waals surface area contributed by atoms with Crippen molar-refractivity contribution in [2.75, 3.05) is 19.8 Å². The molecular weight excluding hydrogens is 463 g/mol. The monoisotopic (exact) mass is 488 g/mol. The lowest BCUT2D eigenvalue weighted by Crippen LogP contribution is -2.35. The molecule has 4 heterocycles. The highest BCUT2D eigenvalue weighted by atomic mass is 79.9. The normalized spacial score (nSPS) is 27.0. The van der Waals surface area contributed by atoms with Gasteiger partial charge in [0, 0.05) is 26.8 Å². The van der Waals surface area contributed by atoms with E-state index in [0.717, 1.165) is 6.04 Å². The Labute approximate surface area is 178 Å². The summed E-state index contributed by atoms with van der Waals surface area (Å²) in [6.45, 7) is 8.29. The molecule has 29 heavy (non-hydrogen) atoms. The van der Waals surface area contributed by atoms with E-state index in [-0.39, 0.29) is 36.3 Å². The molecule has 10 heteroatoms. The smallest absolute Gasteiger partial charge is 0.198 e. The number of rotatable bonds is 7. The first kappa shape index (κ1) is 21.2. The maximum atomic E-state index is 14.1. The van der Waals surface area contributed by atoms with Gasteiger partial charge in [-0.25, -0.2) is 9.37 Å². The summed E-state index contributed by atoms with van der Waals surface area (Å²) in [6, 6.07) is 4.22. The first-order valence-electron chi connectivity index (χ1n) is 9.74. The minimum atomic E-state index is -1.21. The van der Waals surface area contributed by atoms with Crippen molar-refractivity contribution in [1.29, 1.82) is 0 Å². The van der Waals surface area contributed by atoms with Gasteiger partial charge in [-0.3, -0.25) is 4.57 Å². The van der Waals surface area contributed by atoms with E-state index < -0.39 is 20.0 Å². The third-order valence-electron chi connectivity index (χ3n) is 5.23. The fourth-order valence-corrected chi connectivity index (χ4v) is 4.63. The second-order valence-electron chi connectivity index (χ2n) is 8.74. The van der Waals surface area contributed by atoms with Crippen LogP contribution in [-0.2, 0) is 20.9 Å². The zero-order chi connectivity index (χ0) is 20.8. The van der Waals surface area contributed by atoms with Gasteiger partial charge in [-0.05, 0) is 22.0 Å². The highest BCUT2D eigenvalue weighted by molar-refractivity contribution is 9.10. The Bertz CT molecular complexity index is 890. The Balaban J connectivity index is 1.57. The Morgan fingerprint density at radius 3 is 2.79 bits per heavy atom. The maximum absolute atomic E-state index is 14.1. The molecule has 2 aromatic rings. The van der Waals surface area contributed by atoms with Crippen LogP contribution in [0, 0.1) is 5.82 Å². The van der Waals surface area contributed by atoms with Gasteiger partial charge in [0.2, 0.25) is 0 Å². The Kier molecular flexibility index (Phi) is 6.02. The van der Waals surface area contributed by atoms with Crippen molar-refractivity contribution in [1.82, 2.24) is 9.55 Å². The molecule has 0 amide bonds. The van der Waals surface area contributed by atoms with E-state index in [2.05, 4.69) is 40.6 Å². The van der Waals surface area contributed by atoms with E-state index in [4.69, 9.17) is 18.9 Å². The zero-order valence-corrected chi connectivity index (χ0v) is 19.3. The Hall–Kier alpha value is -1.04. The number of fused-ring (bicyclic) bond motifs is 2. The third-order valence-corrected chi connectivity index (χ3v) is 7.49. The molecule has 2 saturated heterocycles. The number of ether oxygens (including phenoxy) is 4. The van der Waals surface area contributed by atoms with Gasteiger partial charge in [-0.2, -0.15) is 0 Å². The first-order valence-corrected chi connectivity index (χ1v) is 14.2. The van der Waals surface area contributed by atoms with E-state index >= 15 is 0 Å². The summed E-state index contributed by atoms with van der Waals surface area (Å²) in [4.78, 5) is 4.27. The lowest BCUT2D eigenvalue weighted by molar-refractivity contribution is 0.00479. The molecule has 0 aromatic carbocycles. The van der Waals surface area contributed by atoms with Crippen LogP contribution in [0.4, 0.5) is 4.39 Å². The molecule has 160 valence electrons. The number of hydrogen-bond donors (Lipinski definition) is 1. The second-order valence-corrected chi connectivity index (χ2v) is 15.1. The molecule has 0 bridgehead atoms. The molecule has 2 aliphatic rings. The minimum absolute atomic E-state index is 0.153. The molecule has 1 N–H and O–H groups in total. The summed E-state index contributed by atoms with van der Waals surface area (Å²) in [5.41, 5.74) is 1.20. The van der Waals surface area contributed by atoms with Crippen molar-refractivity contribution in [2.45, 2.75) is 56.8 Å². The molecule has 7 nitrogen and oxygen atoms in total. The van der Waals surface area contributed by atoms with Crippen LogP contribution in [0.5, 0.6) is 5.88 Å². The first-order chi connectivity index (χ1) is 13.7. The van der Waals surface area contributed by atoms with Crippen LogP contribution in [-0.4, -0.2) is 67.0 Å². The van der Waals surface area contributed by atoms with E-state index in [1.165, 1.54) is 6.07 Å². The van der Waals surface area contributed by atoms with Crippen molar-refractivity contribution < 1.29 is 28.4 Å². The topological polar surface area (TPSA) is 75.0 Å². The minimum Gasteiger partial charge on any atom is -0.470 e. The zero-order valence-electron chi connectivity index (χ0n) is 16.7. The number of halogens is 2. The molecular formula is C19H26BrFN2O5Si. The van der Waals surface area contributed by atoms with Crippen LogP contribution in [0.25, 0.3) is 11.0 Å². The van der Waals surface area contributed by atoms with Crippen molar-refractivity contribution in [3.05, 3.63) is 22.6 Å². The van der Waals surface area contributed by atoms with Crippen molar-refractivity contribution in [3.8, 4) is 5.88 Å². The summed E-state index contributed by atoms with van der Waals surface area (Å²) >= 11 is 3.14. The third kappa shape index (κ3) is 4.52. The predicted octanol–water partition coefficient (Wildman–Crippen LogP) is 3.16. The van der Waals surface area contributed by atoms with Gasteiger partial charge in [0.15, 0.2) is 17.8 Å². The number of hydrogen-bond acceptors (Lipinski definition) is 6. The second kappa shape index (κ2) is 8.24. The van der Waals surface area contributed by atoms with Gasteiger partial charge < -0.3 is 24.1 Å². The van der Waals surface area contributed by atoms with Crippen molar-refractivity contribution in [2.24, 2.45) is 0 Å². The van der Waals surface area contributed by atoms with E-state index in [1.54, 1.807) is 10.6 Å². The number of aromatic nitrogens is 2. The number of nitrogens with zero attached hydrogens (tertiary/aromatic N) is 2. The van der Waals surface area contributed by atoms with Crippen LogP contribution < -0.4 is 4.74 Å². The summed E-state index contributed by atoms with van der Waals surface area (Å²) in [5, 5.41) is 9.94. The van der Waals surface area contributed by atoms with Gasteiger partial charge in [0.05, 0.1) is 24.2 Å². The molecule has 0 saturated carbocycles. The van der Waals surface area contributed by atoms with Crippen molar-refractivity contribution in [3.63, 3.8) is 0 Å². The average molecular weight is 489 g/mol. The molecule has 2 aromatic heterocycles. The molecule has 4 atom stereocenters. The van der Waals surface area contributed by atoms with E-state index in [1.807, 2.05) is 0 Å². The fourth-order valence-electron chi connectivity index (χ4n) is 3.57.